The zero-order chi connectivity index (χ0) is 16.5. The Bertz CT molecular complexity index is 853. The lowest BCUT2D eigenvalue weighted by molar-refractivity contribution is 0.147. The molecule has 0 unspecified atom stereocenters. The van der Waals surface area contributed by atoms with Crippen molar-refractivity contribution < 1.29 is 9.32 Å². The molecule has 0 saturated carbocycles. The topological polar surface area (TPSA) is 71.3 Å². The Hall–Kier alpha value is -2.67. The molecule has 3 heterocycles. The number of aryl methyl sites for hydroxylation is 1. The van der Waals surface area contributed by atoms with Crippen LogP contribution in [0, 0.1) is 6.92 Å². The molecule has 1 saturated heterocycles. The highest BCUT2D eigenvalue weighted by molar-refractivity contribution is 7.13. The van der Waals surface area contributed by atoms with Crippen LogP contribution in [0.5, 0.6) is 0 Å². The maximum atomic E-state index is 12.2. The monoisotopic (exact) mass is 340 g/mol. The molecule has 1 aliphatic heterocycles. The SMILES string of the molecule is Cc1cccc(NC(=O)N2CC(c3nc(-c4cccs4)no3)C2)c1. The molecular weight excluding hydrogens is 324 g/mol. The van der Waals surface area contributed by atoms with E-state index >= 15 is 0 Å². The molecule has 0 atom stereocenters. The maximum Gasteiger partial charge on any atom is 0.321 e. The second-order valence-corrected chi connectivity index (χ2v) is 6.78. The van der Waals surface area contributed by atoms with E-state index in [-0.39, 0.29) is 11.9 Å². The van der Waals surface area contributed by atoms with Crippen LogP contribution in [0.1, 0.15) is 17.4 Å². The zero-order valence-corrected chi connectivity index (χ0v) is 13.9. The number of rotatable bonds is 3. The minimum atomic E-state index is -0.102. The molecule has 0 bridgehead atoms. The van der Waals surface area contributed by atoms with Gasteiger partial charge in [-0.1, -0.05) is 23.4 Å². The third-order valence-electron chi connectivity index (χ3n) is 3.97. The van der Waals surface area contributed by atoms with E-state index in [0.717, 1.165) is 16.1 Å². The third-order valence-corrected chi connectivity index (χ3v) is 4.84. The van der Waals surface area contributed by atoms with Gasteiger partial charge in [0.2, 0.25) is 11.7 Å². The second-order valence-electron chi connectivity index (χ2n) is 5.84. The van der Waals surface area contributed by atoms with Crippen LogP contribution in [-0.4, -0.2) is 34.2 Å². The summed E-state index contributed by atoms with van der Waals surface area (Å²) in [6.07, 6.45) is 0. The smallest absolute Gasteiger partial charge is 0.321 e. The van der Waals surface area contributed by atoms with Gasteiger partial charge in [0.05, 0.1) is 10.8 Å². The van der Waals surface area contributed by atoms with Crippen molar-refractivity contribution in [2.45, 2.75) is 12.8 Å². The fourth-order valence-corrected chi connectivity index (χ4v) is 3.28. The van der Waals surface area contributed by atoms with Gasteiger partial charge < -0.3 is 14.7 Å². The van der Waals surface area contributed by atoms with Crippen molar-refractivity contribution in [3.63, 3.8) is 0 Å². The van der Waals surface area contributed by atoms with Gasteiger partial charge in [-0.05, 0) is 36.1 Å². The summed E-state index contributed by atoms with van der Waals surface area (Å²) in [5, 5.41) is 8.90. The van der Waals surface area contributed by atoms with E-state index in [1.54, 1.807) is 16.2 Å². The van der Waals surface area contributed by atoms with E-state index in [1.165, 1.54) is 0 Å². The number of carbonyl (C=O) groups is 1. The lowest BCUT2D eigenvalue weighted by Crippen LogP contribution is -2.50. The minimum absolute atomic E-state index is 0.102. The highest BCUT2D eigenvalue weighted by atomic mass is 32.1. The number of urea groups is 1. The zero-order valence-electron chi connectivity index (χ0n) is 13.1. The molecule has 2 aromatic heterocycles. The largest absolute Gasteiger partial charge is 0.339 e. The first kappa shape index (κ1) is 14.9. The van der Waals surface area contributed by atoms with Gasteiger partial charge in [0, 0.05) is 18.8 Å². The number of aromatic nitrogens is 2. The van der Waals surface area contributed by atoms with Crippen molar-refractivity contribution >= 4 is 23.1 Å². The minimum Gasteiger partial charge on any atom is -0.339 e. The summed E-state index contributed by atoms with van der Waals surface area (Å²) in [6.45, 7) is 3.17. The first-order valence-electron chi connectivity index (χ1n) is 7.69. The molecule has 3 aromatic rings. The second kappa shape index (κ2) is 6.09. The van der Waals surface area contributed by atoms with Gasteiger partial charge in [-0.25, -0.2) is 4.79 Å². The predicted molar refractivity (Wildman–Crippen MR) is 92.1 cm³/mol. The van der Waals surface area contributed by atoms with Crippen LogP contribution >= 0.6 is 11.3 Å². The molecule has 0 aliphatic carbocycles. The number of carbonyl (C=O) groups excluding carboxylic acids is 1. The lowest BCUT2D eigenvalue weighted by Gasteiger charge is -2.36. The van der Waals surface area contributed by atoms with Crippen LogP contribution in [0.2, 0.25) is 0 Å². The van der Waals surface area contributed by atoms with E-state index < -0.39 is 0 Å². The number of hydrogen-bond acceptors (Lipinski definition) is 5. The molecule has 2 amide bonds. The normalized spacial score (nSPS) is 14.5. The van der Waals surface area contributed by atoms with Crippen LogP contribution in [0.3, 0.4) is 0 Å². The average Bonchev–Trinajstić information content (AvgIpc) is 3.16. The van der Waals surface area contributed by atoms with Crippen molar-refractivity contribution in [1.29, 1.82) is 0 Å². The molecule has 0 radical (unpaired) electrons. The Morgan fingerprint density at radius 2 is 2.21 bits per heavy atom. The van der Waals surface area contributed by atoms with E-state index in [1.807, 2.05) is 48.7 Å². The molecular formula is C17H16N4O2S. The van der Waals surface area contributed by atoms with Crippen LogP contribution in [0.4, 0.5) is 10.5 Å². The van der Waals surface area contributed by atoms with Crippen molar-refractivity contribution in [1.82, 2.24) is 15.0 Å². The van der Waals surface area contributed by atoms with Gasteiger partial charge >= 0.3 is 6.03 Å². The third kappa shape index (κ3) is 2.90. The molecule has 122 valence electrons. The highest BCUT2D eigenvalue weighted by Gasteiger charge is 2.35. The Kier molecular flexibility index (Phi) is 3.78. The van der Waals surface area contributed by atoms with Crippen molar-refractivity contribution in [3.05, 3.63) is 53.2 Å². The fraction of sp³-hybridized carbons (Fsp3) is 0.235. The van der Waals surface area contributed by atoms with E-state index in [0.29, 0.717) is 24.8 Å². The predicted octanol–water partition coefficient (Wildman–Crippen LogP) is 3.74. The molecule has 1 N–H and O–H groups in total. The standard InChI is InChI=1S/C17H16N4O2S/c1-11-4-2-5-13(8-11)18-17(22)21-9-12(10-21)16-19-15(20-23-16)14-6-3-7-24-14/h2-8,12H,9-10H2,1H3,(H,18,22). The Balaban J connectivity index is 1.35. The van der Waals surface area contributed by atoms with Gasteiger partial charge in [0.15, 0.2) is 0 Å². The van der Waals surface area contributed by atoms with Crippen molar-refractivity contribution in [2.24, 2.45) is 0 Å². The molecule has 1 aliphatic rings. The fourth-order valence-electron chi connectivity index (χ4n) is 2.63. The lowest BCUT2D eigenvalue weighted by atomic mass is 10.0. The number of thiophene rings is 1. The Labute approximate surface area is 143 Å². The summed E-state index contributed by atoms with van der Waals surface area (Å²) in [5.41, 5.74) is 1.92. The Morgan fingerprint density at radius 1 is 1.33 bits per heavy atom. The number of anilines is 1. The van der Waals surface area contributed by atoms with Crippen LogP contribution < -0.4 is 5.32 Å². The van der Waals surface area contributed by atoms with Crippen LogP contribution in [-0.2, 0) is 0 Å². The molecule has 1 aromatic carbocycles. The summed E-state index contributed by atoms with van der Waals surface area (Å²) in [5.74, 6) is 1.31. The molecule has 4 rings (SSSR count). The van der Waals surface area contributed by atoms with E-state index in [9.17, 15) is 4.79 Å². The van der Waals surface area contributed by atoms with Crippen LogP contribution in [0.15, 0.2) is 46.3 Å². The number of benzene rings is 1. The van der Waals surface area contributed by atoms with Gasteiger partial charge in [0.25, 0.3) is 0 Å². The molecule has 1 fully saturated rings. The van der Waals surface area contributed by atoms with E-state index in [2.05, 4.69) is 15.5 Å². The van der Waals surface area contributed by atoms with Gasteiger partial charge in [-0.15, -0.1) is 11.3 Å². The number of hydrogen-bond donors (Lipinski definition) is 1. The van der Waals surface area contributed by atoms with Gasteiger partial charge in [0.1, 0.15) is 0 Å². The first-order chi connectivity index (χ1) is 11.7. The summed E-state index contributed by atoms with van der Waals surface area (Å²) < 4.78 is 5.34. The first-order valence-corrected chi connectivity index (χ1v) is 8.57. The molecule has 0 spiro atoms. The Morgan fingerprint density at radius 3 is 2.96 bits per heavy atom. The summed E-state index contributed by atoms with van der Waals surface area (Å²) in [7, 11) is 0. The molecule has 24 heavy (non-hydrogen) atoms. The highest BCUT2D eigenvalue weighted by Crippen LogP contribution is 2.29. The van der Waals surface area contributed by atoms with Gasteiger partial charge in [-0.3, -0.25) is 0 Å². The maximum absolute atomic E-state index is 12.2. The van der Waals surface area contributed by atoms with Crippen molar-refractivity contribution in [3.8, 4) is 10.7 Å². The number of nitrogens with one attached hydrogen (secondary N) is 1. The van der Waals surface area contributed by atoms with Gasteiger partial charge in [-0.2, -0.15) is 4.98 Å². The summed E-state index contributed by atoms with van der Waals surface area (Å²) in [6, 6.07) is 11.6. The van der Waals surface area contributed by atoms with Crippen molar-refractivity contribution in [2.75, 3.05) is 18.4 Å². The number of amides is 2. The van der Waals surface area contributed by atoms with E-state index in [4.69, 9.17) is 4.52 Å². The average molecular weight is 340 g/mol. The quantitative estimate of drug-likeness (QED) is 0.788. The summed E-state index contributed by atoms with van der Waals surface area (Å²) >= 11 is 1.57. The summed E-state index contributed by atoms with van der Waals surface area (Å²) in [4.78, 5) is 19.4. The molecule has 7 heteroatoms. The number of likely N-dealkylation sites (tertiary alicyclic amines) is 1. The number of nitrogens with zero attached hydrogens (tertiary/aromatic N) is 3. The molecule has 6 nitrogen and oxygen atoms in total. The van der Waals surface area contributed by atoms with Crippen LogP contribution in [0.25, 0.3) is 10.7 Å².